The van der Waals surface area contributed by atoms with Crippen LogP contribution in [0.25, 0.3) is 0 Å². The predicted molar refractivity (Wildman–Crippen MR) is 93.8 cm³/mol. The van der Waals surface area contributed by atoms with Crippen LogP contribution < -0.4 is 10.2 Å². The summed E-state index contributed by atoms with van der Waals surface area (Å²) in [7, 11) is 0. The van der Waals surface area contributed by atoms with Gasteiger partial charge in [-0.1, -0.05) is 35.9 Å². The van der Waals surface area contributed by atoms with Gasteiger partial charge >= 0.3 is 0 Å². The summed E-state index contributed by atoms with van der Waals surface area (Å²) in [5.74, 6) is 0.869. The molecule has 0 saturated carbocycles. The first kappa shape index (κ1) is 16.2. The van der Waals surface area contributed by atoms with Gasteiger partial charge in [0, 0.05) is 31.4 Å². The van der Waals surface area contributed by atoms with Crippen molar-refractivity contribution >= 4 is 17.4 Å². The van der Waals surface area contributed by atoms with Crippen molar-refractivity contribution in [2.45, 2.75) is 32.0 Å². The smallest absolute Gasteiger partial charge is 0.147 e. The zero-order chi connectivity index (χ0) is 16.2. The maximum absolute atomic E-state index is 9.27. The van der Waals surface area contributed by atoms with Gasteiger partial charge in [0.25, 0.3) is 0 Å². The van der Waals surface area contributed by atoms with Gasteiger partial charge in [-0.25, -0.2) is 4.98 Å². The number of hydrogen-bond donors (Lipinski definition) is 2. The van der Waals surface area contributed by atoms with Crippen LogP contribution in [0.2, 0.25) is 5.02 Å². The molecule has 2 heterocycles. The number of aromatic nitrogens is 1. The van der Waals surface area contributed by atoms with E-state index in [2.05, 4.69) is 34.3 Å². The molecule has 23 heavy (non-hydrogen) atoms. The van der Waals surface area contributed by atoms with Gasteiger partial charge in [0.1, 0.15) is 5.82 Å². The summed E-state index contributed by atoms with van der Waals surface area (Å²) in [5, 5.41) is 13.6. The largest absolute Gasteiger partial charge is 0.392 e. The number of benzene rings is 1. The number of aliphatic hydroxyl groups is 1. The Kier molecular flexibility index (Phi) is 5.16. The van der Waals surface area contributed by atoms with Crippen LogP contribution in [0.5, 0.6) is 0 Å². The Morgan fingerprint density at radius 2 is 2.26 bits per heavy atom. The van der Waals surface area contributed by atoms with Gasteiger partial charge in [-0.15, -0.1) is 0 Å². The Hall–Kier alpha value is -1.62. The standard InChI is InChI=1S/C18H22ClN3O/c1-13(15-5-2-4-14(10-15)12-23)21-16-7-9-22(11-16)18-17(19)6-3-8-20-18/h2-6,8,10,13,16,21,23H,7,9,11-12H2,1H3. The third kappa shape index (κ3) is 3.83. The molecular weight excluding hydrogens is 310 g/mol. The molecule has 4 nitrogen and oxygen atoms in total. The highest BCUT2D eigenvalue weighted by molar-refractivity contribution is 6.32. The molecule has 2 N–H and O–H groups in total. The average molecular weight is 332 g/mol. The van der Waals surface area contributed by atoms with E-state index < -0.39 is 0 Å². The first-order valence-corrected chi connectivity index (χ1v) is 8.36. The van der Waals surface area contributed by atoms with E-state index in [1.54, 1.807) is 6.20 Å². The predicted octanol–water partition coefficient (Wildman–Crippen LogP) is 3.16. The van der Waals surface area contributed by atoms with Crippen LogP contribution in [0.4, 0.5) is 5.82 Å². The van der Waals surface area contributed by atoms with Gasteiger partial charge in [-0.3, -0.25) is 0 Å². The number of nitrogens with one attached hydrogen (secondary N) is 1. The Bertz CT molecular complexity index is 664. The first-order chi connectivity index (χ1) is 11.2. The van der Waals surface area contributed by atoms with E-state index in [0.717, 1.165) is 30.9 Å². The molecule has 1 aromatic heterocycles. The molecule has 0 bridgehead atoms. The lowest BCUT2D eigenvalue weighted by atomic mass is 10.0. The quantitative estimate of drug-likeness (QED) is 0.883. The van der Waals surface area contributed by atoms with Crippen LogP contribution in [-0.2, 0) is 6.61 Å². The van der Waals surface area contributed by atoms with Crippen molar-refractivity contribution in [1.29, 1.82) is 0 Å². The molecule has 0 radical (unpaired) electrons. The molecule has 1 aliphatic rings. The van der Waals surface area contributed by atoms with Gasteiger partial charge < -0.3 is 15.3 Å². The van der Waals surface area contributed by atoms with Crippen LogP contribution >= 0.6 is 11.6 Å². The Labute approximate surface area is 142 Å². The van der Waals surface area contributed by atoms with E-state index in [9.17, 15) is 5.11 Å². The third-order valence-electron chi connectivity index (χ3n) is 4.35. The van der Waals surface area contributed by atoms with E-state index in [1.807, 2.05) is 24.3 Å². The van der Waals surface area contributed by atoms with Crippen molar-refractivity contribution in [2.75, 3.05) is 18.0 Å². The number of aliphatic hydroxyl groups excluding tert-OH is 1. The number of halogens is 1. The van der Waals surface area contributed by atoms with Crippen molar-refractivity contribution in [3.63, 3.8) is 0 Å². The third-order valence-corrected chi connectivity index (χ3v) is 4.64. The first-order valence-electron chi connectivity index (χ1n) is 7.98. The van der Waals surface area contributed by atoms with Gasteiger partial charge in [-0.05, 0) is 36.6 Å². The van der Waals surface area contributed by atoms with E-state index in [4.69, 9.17) is 11.6 Å². The number of anilines is 1. The van der Waals surface area contributed by atoms with Gasteiger partial charge in [0.15, 0.2) is 0 Å². The molecule has 122 valence electrons. The fraction of sp³-hybridized carbons (Fsp3) is 0.389. The Balaban J connectivity index is 1.62. The highest BCUT2D eigenvalue weighted by Crippen LogP contribution is 2.26. The summed E-state index contributed by atoms with van der Waals surface area (Å²) in [4.78, 5) is 6.63. The van der Waals surface area contributed by atoms with E-state index in [1.165, 1.54) is 5.56 Å². The SMILES string of the molecule is CC(NC1CCN(c2ncccc2Cl)C1)c1cccc(CO)c1. The lowest BCUT2D eigenvalue weighted by Gasteiger charge is -2.22. The minimum absolute atomic E-state index is 0.0793. The summed E-state index contributed by atoms with van der Waals surface area (Å²) in [5.41, 5.74) is 2.15. The topological polar surface area (TPSA) is 48.4 Å². The summed E-state index contributed by atoms with van der Waals surface area (Å²) >= 11 is 6.24. The van der Waals surface area contributed by atoms with Gasteiger partial charge in [-0.2, -0.15) is 0 Å². The highest BCUT2D eigenvalue weighted by atomic mass is 35.5. The molecule has 5 heteroatoms. The zero-order valence-electron chi connectivity index (χ0n) is 13.2. The molecule has 1 saturated heterocycles. The number of hydrogen-bond acceptors (Lipinski definition) is 4. The van der Waals surface area contributed by atoms with E-state index >= 15 is 0 Å². The van der Waals surface area contributed by atoms with Crippen molar-refractivity contribution in [3.05, 3.63) is 58.7 Å². The van der Waals surface area contributed by atoms with Crippen LogP contribution in [0.15, 0.2) is 42.6 Å². The molecule has 0 amide bonds. The summed E-state index contributed by atoms with van der Waals surface area (Å²) in [6.07, 6.45) is 2.85. The maximum Gasteiger partial charge on any atom is 0.147 e. The summed E-state index contributed by atoms with van der Waals surface area (Å²) in [6, 6.07) is 12.5. The second-order valence-electron chi connectivity index (χ2n) is 6.03. The number of nitrogens with zero attached hydrogens (tertiary/aromatic N) is 2. The molecule has 0 spiro atoms. The van der Waals surface area contributed by atoms with Crippen molar-refractivity contribution < 1.29 is 5.11 Å². The van der Waals surface area contributed by atoms with Crippen molar-refractivity contribution in [3.8, 4) is 0 Å². The van der Waals surface area contributed by atoms with Crippen molar-refractivity contribution in [2.24, 2.45) is 0 Å². The van der Waals surface area contributed by atoms with Crippen LogP contribution in [0.3, 0.4) is 0 Å². The summed E-state index contributed by atoms with van der Waals surface area (Å²) < 4.78 is 0. The summed E-state index contributed by atoms with van der Waals surface area (Å²) in [6.45, 7) is 4.10. The fourth-order valence-corrected chi connectivity index (χ4v) is 3.35. The minimum Gasteiger partial charge on any atom is -0.392 e. The minimum atomic E-state index is 0.0793. The normalized spacial score (nSPS) is 19.1. The van der Waals surface area contributed by atoms with Gasteiger partial charge in [0.2, 0.25) is 0 Å². The van der Waals surface area contributed by atoms with Crippen LogP contribution in [0.1, 0.15) is 30.5 Å². The average Bonchev–Trinajstić information content (AvgIpc) is 3.03. The maximum atomic E-state index is 9.27. The molecular formula is C18H22ClN3O. The van der Waals surface area contributed by atoms with E-state index in [0.29, 0.717) is 11.1 Å². The van der Waals surface area contributed by atoms with E-state index in [-0.39, 0.29) is 12.6 Å². The molecule has 1 aliphatic heterocycles. The fourth-order valence-electron chi connectivity index (χ4n) is 3.11. The lowest BCUT2D eigenvalue weighted by molar-refractivity contribution is 0.281. The molecule has 0 aliphatic carbocycles. The van der Waals surface area contributed by atoms with Gasteiger partial charge in [0.05, 0.1) is 11.6 Å². The molecule has 2 unspecified atom stereocenters. The van der Waals surface area contributed by atoms with Crippen molar-refractivity contribution in [1.82, 2.24) is 10.3 Å². The molecule has 3 rings (SSSR count). The second kappa shape index (κ2) is 7.30. The molecule has 2 atom stereocenters. The Morgan fingerprint density at radius 1 is 1.39 bits per heavy atom. The molecule has 1 aromatic carbocycles. The van der Waals surface area contributed by atoms with Crippen LogP contribution in [-0.4, -0.2) is 29.2 Å². The number of pyridine rings is 1. The highest BCUT2D eigenvalue weighted by Gasteiger charge is 2.25. The second-order valence-corrected chi connectivity index (χ2v) is 6.44. The molecule has 1 fully saturated rings. The Morgan fingerprint density at radius 3 is 3.04 bits per heavy atom. The van der Waals surface area contributed by atoms with Crippen LogP contribution in [0, 0.1) is 0 Å². The number of rotatable bonds is 5. The molecule has 2 aromatic rings. The monoisotopic (exact) mass is 331 g/mol. The lowest BCUT2D eigenvalue weighted by Crippen LogP contribution is -2.34. The zero-order valence-corrected chi connectivity index (χ0v) is 14.0.